The summed E-state index contributed by atoms with van der Waals surface area (Å²) in [5.41, 5.74) is 1.44. The minimum Gasteiger partial charge on any atom is -0.361 e. The van der Waals surface area contributed by atoms with Crippen LogP contribution in [0.25, 0.3) is 0 Å². The summed E-state index contributed by atoms with van der Waals surface area (Å²) in [5.74, 6) is 0.766. The summed E-state index contributed by atoms with van der Waals surface area (Å²) in [4.78, 5) is 26.3. The van der Waals surface area contributed by atoms with Gasteiger partial charge in [-0.3, -0.25) is 9.69 Å². The number of benzene rings is 1. The van der Waals surface area contributed by atoms with Crippen molar-refractivity contribution in [2.75, 3.05) is 0 Å². The molecule has 0 bridgehead atoms. The molecule has 0 unspecified atom stereocenters. The molecule has 2 heterocycles. The van der Waals surface area contributed by atoms with Crippen molar-refractivity contribution < 1.29 is 14.1 Å². The average Bonchev–Trinajstić information content (AvgIpc) is 3.05. The molecule has 0 aliphatic carbocycles. The molecule has 1 aromatic heterocycles. The lowest BCUT2D eigenvalue weighted by molar-refractivity contribution is -0.131. The fourth-order valence-corrected chi connectivity index (χ4v) is 2.89. The van der Waals surface area contributed by atoms with Gasteiger partial charge in [-0.2, -0.15) is 0 Å². The first-order chi connectivity index (χ1) is 11.3. The molecule has 1 saturated heterocycles. The van der Waals surface area contributed by atoms with Crippen molar-refractivity contribution in [3.8, 4) is 0 Å². The Balaban J connectivity index is 1.86. The van der Waals surface area contributed by atoms with Gasteiger partial charge in [0.25, 0.3) is 5.91 Å². The second-order valence-corrected chi connectivity index (χ2v) is 6.65. The fraction of sp³-hybridized carbons (Fsp3) is 0.389. The molecular formula is C18H21N3O3. The lowest BCUT2D eigenvalue weighted by atomic mass is 9.90. The molecular weight excluding hydrogens is 306 g/mol. The SMILES string of the molecule is Cc1cc(CN2C(=O)N[C@](C)(c3ccc(C(C)C)cc3)C2=O)no1. The van der Waals surface area contributed by atoms with Gasteiger partial charge < -0.3 is 9.84 Å². The van der Waals surface area contributed by atoms with Gasteiger partial charge in [0.15, 0.2) is 0 Å². The Kier molecular flexibility index (Phi) is 3.91. The predicted molar refractivity (Wildman–Crippen MR) is 88.2 cm³/mol. The maximum absolute atomic E-state index is 12.9. The molecule has 1 aliphatic heterocycles. The van der Waals surface area contributed by atoms with Crippen LogP contribution in [0.4, 0.5) is 4.79 Å². The van der Waals surface area contributed by atoms with Crippen LogP contribution in [0.5, 0.6) is 0 Å². The highest BCUT2D eigenvalue weighted by molar-refractivity contribution is 6.07. The molecule has 1 atom stereocenters. The topological polar surface area (TPSA) is 75.4 Å². The van der Waals surface area contributed by atoms with Gasteiger partial charge in [0.1, 0.15) is 17.0 Å². The van der Waals surface area contributed by atoms with Gasteiger partial charge in [-0.1, -0.05) is 43.3 Å². The number of hydrogen-bond acceptors (Lipinski definition) is 4. The van der Waals surface area contributed by atoms with E-state index in [9.17, 15) is 9.59 Å². The van der Waals surface area contributed by atoms with E-state index in [0.29, 0.717) is 17.4 Å². The Morgan fingerprint density at radius 3 is 2.46 bits per heavy atom. The third kappa shape index (κ3) is 2.68. The maximum atomic E-state index is 12.9. The number of nitrogens with one attached hydrogen (secondary N) is 1. The van der Waals surface area contributed by atoms with Gasteiger partial charge in [-0.15, -0.1) is 0 Å². The second kappa shape index (κ2) is 5.78. The monoisotopic (exact) mass is 327 g/mol. The smallest absolute Gasteiger partial charge is 0.325 e. The van der Waals surface area contributed by atoms with Gasteiger partial charge in [0, 0.05) is 6.07 Å². The molecule has 6 heteroatoms. The second-order valence-electron chi connectivity index (χ2n) is 6.65. The van der Waals surface area contributed by atoms with Gasteiger partial charge in [-0.25, -0.2) is 4.79 Å². The Bertz CT molecular complexity index is 779. The highest BCUT2D eigenvalue weighted by Crippen LogP contribution is 2.30. The minimum atomic E-state index is -1.06. The summed E-state index contributed by atoms with van der Waals surface area (Å²) in [6.07, 6.45) is 0. The molecule has 24 heavy (non-hydrogen) atoms. The zero-order chi connectivity index (χ0) is 17.5. The summed E-state index contributed by atoms with van der Waals surface area (Å²) >= 11 is 0. The number of nitrogens with zero attached hydrogens (tertiary/aromatic N) is 2. The van der Waals surface area contributed by atoms with Crippen LogP contribution in [-0.2, 0) is 16.9 Å². The van der Waals surface area contributed by atoms with Crippen LogP contribution in [0, 0.1) is 6.92 Å². The van der Waals surface area contributed by atoms with Crippen LogP contribution in [-0.4, -0.2) is 22.0 Å². The van der Waals surface area contributed by atoms with Crippen LogP contribution >= 0.6 is 0 Å². The molecule has 1 fully saturated rings. The summed E-state index contributed by atoms with van der Waals surface area (Å²) in [6.45, 7) is 7.82. The molecule has 1 aromatic carbocycles. The van der Waals surface area contributed by atoms with Crippen molar-refractivity contribution in [3.63, 3.8) is 0 Å². The third-order valence-corrected chi connectivity index (χ3v) is 4.43. The van der Waals surface area contributed by atoms with Crippen molar-refractivity contribution in [1.29, 1.82) is 0 Å². The van der Waals surface area contributed by atoms with Gasteiger partial charge in [0.05, 0.1) is 6.54 Å². The molecule has 2 aromatic rings. The number of imide groups is 1. The molecule has 3 amide bonds. The van der Waals surface area contributed by atoms with E-state index in [0.717, 1.165) is 5.56 Å². The number of amides is 3. The van der Waals surface area contributed by atoms with E-state index < -0.39 is 11.6 Å². The van der Waals surface area contributed by atoms with Gasteiger partial charge >= 0.3 is 6.03 Å². The standard InChI is InChI=1S/C18H21N3O3/c1-11(2)13-5-7-14(8-6-13)18(4)16(22)21(17(23)19-18)10-15-9-12(3)24-20-15/h5-9,11H,10H2,1-4H3,(H,19,23)/t18-/m1/s1. The number of hydrogen-bond donors (Lipinski definition) is 1. The molecule has 0 saturated carbocycles. The van der Waals surface area contributed by atoms with E-state index in [4.69, 9.17) is 4.52 Å². The van der Waals surface area contributed by atoms with Crippen LogP contribution in [0.3, 0.4) is 0 Å². The van der Waals surface area contributed by atoms with E-state index in [1.165, 1.54) is 10.5 Å². The zero-order valence-electron chi connectivity index (χ0n) is 14.3. The number of aromatic nitrogens is 1. The molecule has 0 radical (unpaired) electrons. The van der Waals surface area contributed by atoms with E-state index in [-0.39, 0.29) is 12.5 Å². The highest BCUT2D eigenvalue weighted by Gasteiger charge is 2.49. The summed E-state index contributed by atoms with van der Waals surface area (Å²) in [6, 6.07) is 9.08. The molecule has 126 valence electrons. The Labute approximate surface area is 140 Å². The lowest BCUT2D eigenvalue weighted by Gasteiger charge is -2.22. The van der Waals surface area contributed by atoms with Crippen LogP contribution < -0.4 is 5.32 Å². The highest BCUT2D eigenvalue weighted by atomic mass is 16.5. The average molecular weight is 327 g/mol. The molecule has 0 spiro atoms. The van der Waals surface area contributed by atoms with Crippen molar-refractivity contribution in [2.45, 2.75) is 45.7 Å². The predicted octanol–water partition coefficient (Wildman–Crippen LogP) is 3.07. The number of aryl methyl sites for hydroxylation is 1. The van der Waals surface area contributed by atoms with E-state index in [1.807, 2.05) is 24.3 Å². The molecule has 3 rings (SSSR count). The first kappa shape index (κ1) is 16.2. The van der Waals surface area contributed by atoms with E-state index >= 15 is 0 Å². The van der Waals surface area contributed by atoms with Crippen molar-refractivity contribution in [3.05, 3.63) is 52.9 Å². The molecule has 1 aliphatic rings. The largest absolute Gasteiger partial charge is 0.361 e. The molecule has 6 nitrogen and oxygen atoms in total. The molecule has 1 N–H and O–H groups in total. The Morgan fingerprint density at radius 1 is 1.25 bits per heavy atom. The van der Waals surface area contributed by atoms with Crippen LogP contribution in [0.1, 0.15) is 49.3 Å². The first-order valence-corrected chi connectivity index (χ1v) is 7.98. The third-order valence-electron chi connectivity index (χ3n) is 4.43. The summed E-state index contributed by atoms with van der Waals surface area (Å²) < 4.78 is 5.00. The maximum Gasteiger partial charge on any atom is 0.325 e. The number of carbonyl (C=O) groups excluding carboxylic acids is 2. The van der Waals surface area contributed by atoms with E-state index in [1.54, 1.807) is 19.9 Å². The fourth-order valence-electron chi connectivity index (χ4n) is 2.89. The van der Waals surface area contributed by atoms with Gasteiger partial charge in [-0.05, 0) is 30.9 Å². The van der Waals surface area contributed by atoms with E-state index in [2.05, 4.69) is 24.3 Å². The van der Waals surface area contributed by atoms with Gasteiger partial charge in [0.2, 0.25) is 0 Å². The number of carbonyl (C=O) groups is 2. The van der Waals surface area contributed by atoms with Crippen LogP contribution in [0.2, 0.25) is 0 Å². The normalized spacial score (nSPS) is 20.8. The summed E-state index contributed by atoms with van der Waals surface area (Å²) in [7, 11) is 0. The quantitative estimate of drug-likeness (QED) is 0.876. The first-order valence-electron chi connectivity index (χ1n) is 7.98. The minimum absolute atomic E-state index is 0.0989. The zero-order valence-corrected chi connectivity index (χ0v) is 14.3. The van der Waals surface area contributed by atoms with Crippen LogP contribution in [0.15, 0.2) is 34.9 Å². The summed E-state index contributed by atoms with van der Waals surface area (Å²) in [5, 5.41) is 6.65. The van der Waals surface area contributed by atoms with Crippen molar-refractivity contribution in [2.24, 2.45) is 0 Å². The Hall–Kier alpha value is -2.63. The number of urea groups is 1. The number of rotatable bonds is 4. The van der Waals surface area contributed by atoms with Crippen molar-refractivity contribution in [1.82, 2.24) is 15.4 Å². The Morgan fingerprint density at radius 2 is 1.92 bits per heavy atom. The lowest BCUT2D eigenvalue weighted by Crippen LogP contribution is -2.40. The van der Waals surface area contributed by atoms with Crippen molar-refractivity contribution >= 4 is 11.9 Å².